The number of H-pyrrole nitrogens is 1. The highest BCUT2D eigenvalue weighted by molar-refractivity contribution is 5.47. The minimum atomic E-state index is 0.326. The zero-order valence-corrected chi connectivity index (χ0v) is 14.1. The maximum Gasteiger partial charge on any atom is 0.228 e. The summed E-state index contributed by atoms with van der Waals surface area (Å²) in [5.74, 6) is 3.47. The van der Waals surface area contributed by atoms with Crippen LogP contribution in [0.15, 0.2) is 36.9 Å². The molecule has 8 heteroatoms. The van der Waals surface area contributed by atoms with Crippen molar-refractivity contribution in [3.8, 4) is 0 Å². The van der Waals surface area contributed by atoms with Crippen molar-refractivity contribution < 1.29 is 0 Å². The number of aryl methyl sites for hydroxylation is 1. The molecular formula is C17H20N8. The number of anilines is 2. The van der Waals surface area contributed by atoms with Gasteiger partial charge in [0, 0.05) is 49.0 Å². The summed E-state index contributed by atoms with van der Waals surface area (Å²) in [5.41, 5.74) is 0.938. The van der Waals surface area contributed by atoms with Crippen LogP contribution in [0.25, 0.3) is 0 Å². The van der Waals surface area contributed by atoms with E-state index >= 15 is 0 Å². The van der Waals surface area contributed by atoms with E-state index < -0.39 is 0 Å². The molecule has 2 N–H and O–H groups in total. The number of hydrogen-bond acceptors (Lipinski definition) is 7. The molecule has 3 aromatic rings. The first-order valence-corrected chi connectivity index (χ1v) is 8.36. The highest BCUT2D eigenvalue weighted by Crippen LogP contribution is 2.27. The van der Waals surface area contributed by atoms with Gasteiger partial charge in [0.15, 0.2) is 0 Å². The Labute approximate surface area is 145 Å². The van der Waals surface area contributed by atoms with Gasteiger partial charge in [-0.05, 0) is 26.0 Å². The lowest BCUT2D eigenvalue weighted by atomic mass is 10.1. The lowest BCUT2D eigenvalue weighted by Gasteiger charge is -2.15. The third-order valence-corrected chi connectivity index (χ3v) is 4.24. The van der Waals surface area contributed by atoms with Crippen LogP contribution in [0.1, 0.15) is 29.7 Å². The maximum absolute atomic E-state index is 4.69. The Balaban J connectivity index is 1.47. The van der Waals surface area contributed by atoms with Gasteiger partial charge in [0.25, 0.3) is 0 Å². The van der Waals surface area contributed by atoms with Crippen LogP contribution in [0.5, 0.6) is 0 Å². The van der Waals surface area contributed by atoms with E-state index in [1.807, 2.05) is 19.2 Å². The Morgan fingerprint density at radius 3 is 2.88 bits per heavy atom. The molecule has 0 radical (unpaired) electrons. The number of rotatable bonds is 5. The maximum atomic E-state index is 4.69. The lowest BCUT2D eigenvalue weighted by Crippen LogP contribution is -2.21. The molecule has 0 aromatic carbocycles. The van der Waals surface area contributed by atoms with E-state index in [0.717, 1.165) is 49.2 Å². The van der Waals surface area contributed by atoms with Gasteiger partial charge in [-0.3, -0.25) is 4.90 Å². The Bertz CT molecular complexity index is 818. The Morgan fingerprint density at radius 1 is 1.20 bits per heavy atom. The number of imidazole rings is 1. The predicted molar refractivity (Wildman–Crippen MR) is 93.3 cm³/mol. The van der Waals surface area contributed by atoms with Crippen molar-refractivity contribution in [2.75, 3.05) is 18.4 Å². The molecule has 1 atom stereocenters. The molecule has 0 aliphatic carbocycles. The molecular weight excluding hydrogens is 316 g/mol. The molecule has 1 aliphatic heterocycles. The van der Waals surface area contributed by atoms with Gasteiger partial charge in [0.1, 0.15) is 17.5 Å². The van der Waals surface area contributed by atoms with Crippen molar-refractivity contribution in [1.29, 1.82) is 0 Å². The molecule has 8 nitrogen and oxygen atoms in total. The minimum absolute atomic E-state index is 0.326. The first kappa shape index (κ1) is 15.6. The standard InChI is InChI=1S/C17H20N8/c1-12-9-14(24-17-20-4-2-5-21-17)23-16(22-12)13-3-8-25(10-13)11-15-18-6-7-19-15/h2,4-7,9,13H,3,8,10-11H2,1H3,(H,18,19)(H,20,21,22,23,24). The van der Waals surface area contributed by atoms with E-state index in [4.69, 9.17) is 4.98 Å². The van der Waals surface area contributed by atoms with Gasteiger partial charge in [-0.2, -0.15) is 0 Å². The van der Waals surface area contributed by atoms with Gasteiger partial charge >= 0.3 is 0 Å². The fourth-order valence-electron chi connectivity index (χ4n) is 3.10. The molecule has 4 rings (SSSR count). The topological polar surface area (TPSA) is 95.5 Å². The molecule has 1 fully saturated rings. The van der Waals surface area contributed by atoms with Gasteiger partial charge < -0.3 is 10.3 Å². The summed E-state index contributed by atoms with van der Waals surface area (Å²) in [4.78, 5) is 27.5. The summed E-state index contributed by atoms with van der Waals surface area (Å²) in [7, 11) is 0. The molecule has 4 heterocycles. The van der Waals surface area contributed by atoms with E-state index in [2.05, 4.69) is 35.1 Å². The average molecular weight is 336 g/mol. The van der Waals surface area contributed by atoms with Gasteiger partial charge in [0.05, 0.1) is 6.54 Å². The van der Waals surface area contributed by atoms with Crippen LogP contribution in [-0.2, 0) is 6.54 Å². The first-order valence-electron chi connectivity index (χ1n) is 8.36. The van der Waals surface area contributed by atoms with E-state index in [-0.39, 0.29) is 0 Å². The number of likely N-dealkylation sites (tertiary alicyclic amines) is 1. The summed E-state index contributed by atoms with van der Waals surface area (Å²) in [6.07, 6.45) is 8.10. The molecule has 0 bridgehead atoms. The van der Waals surface area contributed by atoms with Crippen LogP contribution in [-0.4, -0.2) is 47.9 Å². The van der Waals surface area contributed by atoms with Crippen molar-refractivity contribution in [2.45, 2.75) is 25.8 Å². The van der Waals surface area contributed by atoms with Crippen molar-refractivity contribution >= 4 is 11.8 Å². The molecule has 0 spiro atoms. The molecule has 25 heavy (non-hydrogen) atoms. The average Bonchev–Trinajstić information content (AvgIpc) is 3.28. The van der Waals surface area contributed by atoms with Gasteiger partial charge in [-0.25, -0.2) is 24.9 Å². The zero-order valence-electron chi connectivity index (χ0n) is 14.1. The molecule has 0 saturated carbocycles. The Hall–Kier alpha value is -2.87. The number of nitrogens with one attached hydrogen (secondary N) is 2. The number of hydrogen-bond donors (Lipinski definition) is 2. The Kier molecular flexibility index (Phi) is 4.34. The van der Waals surface area contributed by atoms with Crippen LogP contribution >= 0.6 is 0 Å². The molecule has 1 saturated heterocycles. The van der Waals surface area contributed by atoms with E-state index in [1.165, 1.54) is 0 Å². The smallest absolute Gasteiger partial charge is 0.228 e. The largest absolute Gasteiger partial charge is 0.348 e. The summed E-state index contributed by atoms with van der Waals surface area (Å²) < 4.78 is 0. The second-order valence-electron chi connectivity index (χ2n) is 6.21. The lowest BCUT2D eigenvalue weighted by molar-refractivity contribution is 0.318. The number of aromatic amines is 1. The zero-order chi connectivity index (χ0) is 17.1. The van der Waals surface area contributed by atoms with Gasteiger partial charge in [-0.15, -0.1) is 0 Å². The van der Waals surface area contributed by atoms with Crippen molar-refractivity contribution in [1.82, 2.24) is 34.8 Å². The highest BCUT2D eigenvalue weighted by atomic mass is 15.2. The number of nitrogens with zero attached hydrogens (tertiary/aromatic N) is 6. The molecule has 3 aromatic heterocycles. The molecule has 1 unspecified atom stereocenters. The van der Waals surface area contributed by atoms with E-state index in [9.17, 15) is 0 Å². The minimum Gasteiger partial charge on any atom is -0.348 e. The normalized spacial score (nSPS) is 17.7. The second kappa shape index (κ2) is 6.94. The molecule has 0 amide bonds. The van der Waals surface area contributed by atoms with Crippen LogP contribution in [0.2, 0.25) is 0 Å². The van der Waals surface area contributed by atoms with Crippen molar-refractivity contribution in [3.63, 3.8) is 0 Å². The Morgan fingerprint density at radius 2 is 2.08 bits per heavy atom. The van der Waals surface area contributed by atoms with Crippen molar-refractivity contribution in [2.24, 2.45) is 0 Å². The summed E-state index contributed by atoms with van der Waals surface area (Å²) in [6, 6.07) is 3.70. The van der Waals surface area contributed by atoms with Crippen LogP contribution < -0.4 is 5.32 Å². The summed E-state index contributed by atoms with van der Waals surface area (Å²) in [5, 5.41) is 3.15. The summed E-state index contributed by atoms with van der Waals surface area (Å²) in [6.45, 7) is 4.77. The van der Waals surface area contributed by atoms with Gasteiger partial charge in [0.2, 0.25) is 5.95 Å². The van der Waals surface area contributed by atoms with Crippen LogP contribution in [0.4, 0.5) is 11.8 Å². The van der Waals surface area contributed by atoms with Crippen LogP contribution in [0, 0.1) is 6.92 Å². The van der Waals surface area contributed by atoms with E-state index in [0.29, 0.717) is 11.9 Å². The number of aromatic nitrogens is 6. The SMILES string of the molecule is Cc1cc(Nc2ncccn2)nc(C2CCN(Cc3ncc[nH]3)C2)n1. The quantitative estimate of drug-likeness (QED) is 0.736. The van der Waals surface area contributed by atoms with Crippen LogP contribution in [0.3, 0.4) is 0 Å². The van der Waals surface area contributed by atoms with Gasteiger partial charge in [-0.1, -0.05) is 0 Å². The second-order valence-corrected chi connectivity index (χ2v) is 6.21. The molecule has 1 aliphatic rings. The highest BCUT2D eigenvalue weighted by Gasteiger charge is 2.27. The third kappa shape index (κ3) is 3.80. The predicted octanol–water partition coefficient (Wildman–Crippen LogP) is 2.03. The molecule has 128 valence electrons. The summed E-state index contributed by atoms with van der Waals surface area (Å²) >= 11 is 0. The first-order chi connectivity index (χ1) is 12.3. The monoisotopic (exact) mass is 336 g/mol. The van der Waals surface area contributed by atoms with Crippen molar-refractivity contribution in [3.05, 3.63) is 54.3 Å². The third-order valence-electron chi connectivity index (χ3n) is 4.24. The van der Waals surface area contributed by atoms with E-state index in [1.54, 1.807) is 24.7 Å². The fraction of sp³-hybridized carbons (Fsp3) is 0.353. The fourth-order valence-corrected chi connectivity index (χ4v) is 3.10.